The van der Waals surface area contributed by atoms with Crippen LogP contribution in [0.4, 0.5) is 0 Å². The fraction of sp³-hybridized carbons (Fsp3) is 0.562. The number of benzene rings is 1. The van der Waals surface area contributed by atoms with E-state index in [-0.39, 0.29) is 30.4 Å². The van der Waals surface area contributed by atoms with Crippen LogP contribution in [0.1, 0.15) is 24.2 Å². The van der Waals surface area contributed by atoms with Gasteiger partial charge in [-0.15, -0.1) is 0 Å². The number of carbonyl (C=O) groups excluding carboxylic acids is 1. The molecule has 2 unspecified atom stereocenters. The molecule has 2 rings (SSSR count). The van der Waals surface area contributed by atoms with Gasteiger partial charge in [-0.25, -0.2) is 8.42 Å². The maximum Gasteiger partial charge on any atom is 0.251 e. The Bertz CT molecular complexity index is 650. The summed E-state index contributed by atoms with van der Waals surface area (Å²) in [5, 5.41) is 2.64. The maximum absolute atomic E-state index is 12.4. The van der Waals surface area contributed by atoms with Crippen molar-refractivity contribution in [1.29, 1.82) is 0 Å². The Balaban J connectivity index is 1.86. The number of sulfonamides is 1. The second-order valence-corrected chi connectivity index (χ2v) is 7.96. The monoisotopic (exact) mass is 356 g/mol. The first-order chi connectivity index (χ1) is 11.3. The number of ether oxygens (including phenoxy) is 2. The van der Waals surface area contributed by atoms with Crippen LogP contribution in [0.25, 0.3) is 0 Å². The van der Waals surface area contributed by atoms with Crippen molar-refractivity contribution in [3.63, 3.8) is 0 Å². The van der Waals surface area contributed by atoms with Crippen LogP contribution in [0.2, 0.25) is 0 Å². The van der Waals surface area contributed by atoms with E-state index in [4.69, 9.17) is 9.47 Å². The fourth-order valence-electron chi connectivity index (χ4n) is 2.62. The summed E-state index contributed by atoms with van der Waals surface area (Å²) in [5.74, 6) is 0.218. The Labute approximate surface area is 143 Å². The average Bonchev–Trinajstić information content (AvgIpc) is 2.53. The minimum absolute atomic E-state index is 0.0628. The predicted octanol–water partition coefficient (Wildman–Crippen LogP) is 0.864. The van der Waals surface area contributed by atoms with Crippen LogP contribution in [0.3, 0.4) is 0 Å². The summed E-state index contributed by atoms with van der Waals surface area (Å²) < 4.78 is 36.8. The number of methoxy groups -OCH3 is 1. The van der Waals surface area contributed by atoms with E-state index in [2.05, 4.69) is 5.32 Å². The van der Waals surface area contributed by atoms with Gasteiger partial charge in [-0.1, -0.05) is 0 Å². The molecule has 0 aliphatic carbocycles. The van der Waals surface area contributed by atoms with E-state index in [0.29, 0.717) is 24.4 Å². The SMILES string of the molecule is COc1ccc(C(=O)NCCS(=O)(=O)N2CC(C)OC(C)C2)cc1. The smallest absolute Gasteiger partial charge is 0.251 e. The van der Waals surface area contributed by atoms with E-state index in [9.17, 15) is 13.2 Å². The van der Waals surface area contributed by atoms with E-state index in [1.54, 1.807) is 31.4 Å². The van der Waals surface area contributed by atoms with E-state index in [0.717, 1.165) is 0 Å². The van der Waals surface area contributed by atoms with Crippen molar-refractivity contribution in [2.45, 2.75) is 26.1 Å². The van der Waals surface area contributed by atoms with Gasteiger partial charge in [0.1, 0.15) is 5.75 Å². The third-order valence-corrected chi connectivity index (χ3v) is 5.58. The summed E-state index contributed by atoms with van der Waals surface area (Å²) in [7, 11) is -1.87. The molecular weight excluding hydrogens is 332 g/mol. The number of amides is 1. The van der Waals surface area contributed by atoms with Gasteiger partial charge in [0.2, 0.25) is 10.0 Å². The third-order valence-electron chi connectivity index (χ3n) is 3.78. The average molecular weight is 356 g/mol. The predicted molar refractivity (Wildman–Crippen MR) is 90.7 cm³/mol. The Kier molecular flexibility index (Phi) is 6.20. The molecule has 134 valence electrons. The lowest BCUT2D eigenvalue weighted by molar-refractivity contribution is -0.0440. The van der Waals surface area contributed by atoms with E-state index in [1.807, 2.05) is 13.8 Å². The van der Waals surface area contributed by atoms with Crippen molar-refractivity contribution in [3.8, 4) is 5.75 Å². The summed E-state index contributed by atoms with van der Waals surface area (Å²) >= 11 is 0. The second kappa shape index (κ2) is 7.96. The lowest BCUT2D eigenvalue weighted by Gasteiger charge is -2.34. The van der Waals surface area contributed by atoms with Gasteiger partial charge in [-0.05, 0) is 38.1 Å². The molecule has 0 radical (unpaired) electrons. The number of carbonyl (C=O) groups is 1. The first kappa shape index (κ1) is 18.7. The zero-order chi connectivity index (χ0) is 17.7. The molecular formula is C16H24N2O5S. The van der Waals surface area contributed by atoms with Crippen LogP contribution in [0.15, 0.2) is 24.3 Å². The Morgan fingerprint density at radius 1 is 1.25 bits per heavy atom. The number of nitrogens with zero attached hydrogens (tertiary/aromatic N) is 1. The quantitative estimate of drug-likeness (QED) is 0.817. The van der Waals surface area contributed by atoms with Gasteiger partial charge in [0.15, 0.2) is 0 Å². The van der Waals surface area contributed by atoms with Gasteiger partial charge in [0.05, 0.1) is 25.1 Å². The molecule has 1 aromatic rings. The van der Waals surface area contributed by atoms with Gasteiger partial charge in [-0.3, -0.25) is 4.79 Å². The highest BCUT2D eigenvalue weighted by atomic mass is 32.2. The minimum Gasteiger partial charge on any atom is -0.497 e. The van der Waals surface area contributed by atoms with Crippen molar-refractivity contribution in [2.75, 3.05) is 32.5 Å². The number of hydrogen-bond acceptors (Lipinski definition) is 5. The van der Waals surface area contributed by atoms with Crippen LogP contribution in [-0.4, -0.2) is 63.3 Å². The molecule has 1 fully saturated rings. The lowest BCUT2D eigenvalue weighted by Crippen LogP contribution is -2.49. The zero-order valence-electron chi connectivity index (χ0n) is 14.2. The van der Waals surface area contributed by atoms with Crippen LogP contribution in [0, 0.1) is 0 Å². The summed E-state index contributed by atoms with van der Waals surface area (Å²) in [4.78, 5) is 12.0. The topological polar surface area (TPSA) is 84.9 Å². The second-order valence-electron chi connectivity index (χ2n) is 5.87. The molecule has 2 atom stereocenters. The molecule has 1 N–H and O–H groups in total. The summed E-state index contributed by atoms with van der Waals surface area (Å²) in [6.45, 7) is 4.46. The third kappa shape index (κ3) is 4.93. The van der Waals surface area contributed by atoms with Crippen molar-refractivity contribution in [1.82, 2.24) is 9.62 Å². The van der Waals surface area contributed by atoms with Gasteiger partial charge in [0.25, 0.3) is 5.91 Å². The Hall–Kier alpha value is -1.64. The fourth-order valence-corrected chi connectivity index (χ4v) is 4.12. The largest absolute Gasteiger partial charge is 0.497 e. The van der Waals surface area contributed by atoms with Crippen LogP contribution in [-0.2, 0) is 14.8 Å². The molecule has 24 heavy (non-hydrogen) atoms. The van der Waals surface area contributed by atoms with Gasteiger partial charge in [-0.2, -0.15) is 4.31 Å². The van der Waals surface area contributed by atoms with Gasteiger partial charge < -0.3 is 14.8 Å². The number of hydrogen-bond donors (Lipinski definition) is 1. The van der Waals surface area contributed by atoms with E-state index in [1.165, 1.54) is 4.31 Å². The number of nitrogens with one attached hydrogen (secondary N) is 1. The van der Waals surface area contributed by atoms with Crippen molar-refractivity contribution >= 4 is 15.9 Å². The Morgan fingerprint density at radius 3 is 2.38 bits per heavy atom. The zero-order valence-corrected chi connectivity index (χ0v) is 15.0. The van der Waals surface area contributed by atoms with Crippen LogP contribution < -0.4 is 10.1 Å². The molecule has 1 heterocycles. The minimum atomic E-state index is -3.42. The molecule has 7 nitrogen and oxygen atoms in total. The highest BCUT2D eigenvalue weighted by Crippen LogP contribution is 2.15. The van der Waals surface area contributed by atoms with E-state index >= 15 is 0 Å². The van der Waals surface area contributed by atoms with Crippen molar-refractivity contribution in [2.24, 2.45) is 0 Å². The Morgan fingerprint density at radius 2 is 1.83 bits per heavy atom. The van der Waals surface area contributed by atoms with E-state index < -0.39 is 10.0 Å². The standard InChI is InChI=1S/C16H24N2O5S/c1-12-10-18(11-13(2)23-12)24(20,21)9-8-17-16(19)14-4-6-15(22-3)7-5-14/h4-7,12-13H,8-11H2,1-3H3,(H,17,19). The molecule has 1 aliphatic rings. The first-order valence-electron chi connectivity index (χ1n) is 7.87. The number of morpholine rings is 1. The van der Waals surface area contributed by atoms with Crippen molar-refractivity contribution in [3.05, 3.63) is 29.8 Å². The summed E-state index contributed by atoms with van der Waals surface area (Å²) in [5.41, 5.74) is 0.460. The van der Waals surface area contributed by atoms with Crippen molar-refractivity contribution < 1.29 is 22.7 Å². The molecule has 1 aliphatic heterocycles. The van der Waals surface area contributed by atoms with Gasteiger partial charge in [0, 0.05) is 25.2 Å². The molecule has 1 saturated heterocycles. The molecule has 8 heteroatoms. The van der Waals surface area contributed by atoms with Crippen LogP contribution >= 0.6 is 0 Å². The lowest BCUT2D eigenvalue weighted by atomic mass is 10.2. The molecule has 0 bridgehead atoms. The highest BCUT2D eigenvalue weighted by molar-refractivity contribution is 7.89. The molecule has 0 saturated carbocycles. The summed E-state index contributed by atoms with van der Waals surface area (Å²) in [6.07, 6.45) is -0.255. The molecule has 0 spiro atoms. The first-order valence-corrected chi connectivity index (χ1v) is 9.48. The van der Waals surface area contributed by atoms with Crippen LogP contribution in [0.5, 0.6) is 5.75 Å². The highest BCUT2D eigenvalue weighted by Gasteiger charge is 2.30. The van der Waals surface area contributed by atoms with Gasteiger partial charge >= 0.3 is 0 Å². The maximum atomic E-state index is 12.4. The molecule has 1 amide bonds. The molecule has 1 aromatic carbocycles. The number of rotatable bonds is 6. The summed E-state index contributed by atoms with van der Waals surface area (Å²) in [6, 6.07) is 6.63. The normalized spacial score (nSPS) is 22.1. The molecule has 0 aromatic heterocycles.